The molecular weight excluding hydrogens is 336 g/mol. The third-order valence-corrected chi connectivity index (χ3v) is 4.56. The van der Waals surface area contributed by atoms with E-state index < -0.39 is 28.7 Å². The van der Waals surface area contributed by atoms with Crippen LogP contribution in [0.1, 0.15) is 26.3 Å². The van der Waals surface area contributed by atoms with E-state index in [1.165, 1.54) is 6.07 Å². The largest absolute Gasteiger partial charge is 0.360 e. The van der Waals surface area contributed by atoms with Crippen LogP contribution in [0, 0.1) is 11.6 Å². The second-order valence-electron chi connectivity index (χ2n) is 6.07. The number of hydrogen-bond donors (Lipinski definition) is 1. The van der Waals surface area contributed by atoms with Gasteiger partial charge in [0, 0.05) is 17.2 Å². The number of Topliss-reactive ketones (excluding diaryl/α,β-unsaturated/α-hetero) is 2. The lowest BCUT2D eigenvalue weighted by Gasteiger charge is -2.29. The highest BCUT2D eigenvalue weighted by atomic mass is 19.1. The molecule has 1 aliphatic carbocycles. The van der Waals surface area contributed by atoms with Gasteiger partial charge in [-0.05, 0) is 17.7 Å². The van der Waals surface area contributed by atoms with Crippen LogP contribution >= 0.6 is 0 Å². The highest BCUT2D eigenvalue weighted by Gasteiger charge is 2.54. The Hall–Kier alpha value is -3.34. The van der Waals surface area contributed by atoms with Gasteiger partial charge in [-0.3, -0.25) is 9.59 Å². The lowest BCUT2D eigenvalue weighted by atomic mass is 9.84. The second kappa shape index (κ2) is 5.88. The highest BCUT2D eigenvalue weighted by Crippen LogP contribution is 2.40. The first-order valence-electron chi connectivity index (χ1n) is 8.01. The Labute approximate surface area is 148 Å². The molecular formula is C21H13F2NO2. The van der Waals surface area contributed by atoms with Gasteiger partial charge in [-0.25, -0.2) is 8.78 Å². The van der Waals surface area contributed by atoms with Crippen molar-refractivity contribution in [2.75, 3.05) is 5.32 Å². The number of anilines is 1. The molecule has 0 aromatic heterocycles. The third-order valence-electron chi connectivity index (χ3n) is 4.56. The van der Waals surface area contributed by atoms with Gasteiger partial charge < -0.3 is 5.32 Å². The fraction of sp³-hybridized carbons (Fsp3) is 0.0476. The molecule has 0 unspecified atom stereocenters. The van der Waals surface area contributed by atoms with E-state index in [9.17, 15) is 18.4 Å². The van der Waals surface area contributed by atoms with E-state index >= 15 is 0 Å². The molecule has 0 radical (unpaired) electrons. The van der Waals surface area contributed by atoms with Crippen LogP contribution in [-0.2, 0) is 5.54 Å². The van der Waals surface area contributed by atoms with Gasteiger partial charge >= 0.3 is 0 Å². The van der Waals surface area contributed by atoms with E-state index in [0.717, 1.165) is 6.07 Å². The van der Waals surface area contributed by atoms with E-state index in [4.69, 9.17) is 0 Å². The minimum atomic E-state index is -1.79. The van der Waals surface area contributed by atoms with Crippen LogP contribution in [0.25, 0.3) is 0 Å². The first-order valence-corrected chi connectivity index (χ1v) is 8.01. The van der Waals surface area contributed by atoms with Crippen LogP contribution in [0.5, 0.6) is 0 Å². The maximum atomic E-state index is 14.2. The maximum absolute atomic E-state index is 14.2. The Morgan fingerprint density at radius 1 is 0.731 bits per heavy atom. The summed E-state index contributed by atoms with van der Waals surface area (Å²) in [6, 6.07) is 17.9. The SMILES string of the molecule is O=C1c2ccccc2C(=O)C1(Nc1ccc(F)cc1F)c1ccccc1. The van der Waals surface area contributed by atoms with Crippen molar-refractivity contribution in [3.63, 3.8) is 0 Å². The number of ketones is 2. The predicted molar refractivity (Wildman–Crippen MR) is 93.2 cm³/mol. The van der Waals surface area contributed by atoms with Gasteiger partial charge in [0.25, 0.3) is 0 Å². The van der Waals surface area contributed by atoms with Crippen molar-refractivity contribution in [2.45, 2.75) is 5.54 Å². The monoisotopic (exact) mass is 349 g/mol. The number of nitrogens with one attached hydrogen (secondary N) is 1. The average Bonchev–Trinajstić information content (AvgIpc) is 2.88. The lowest BCUT2D eigenvalue weighted by molar-refractivity contribution is 0.0818. The molecule has 0 atom stereocenters. The Bertz CT molecular complexity index is 996. The summed E-state index contributed by atoms with van der Waals surface area (Å²) in [7, 11) is 0. The standard InChI is InChI=1S/C21H13F2NO2/c22-14-10-11-18(17(23)12-14)24-21(13-6-2-1-3-7-13)19(25)15-8-4-5-9-16(15)20(21)26/h1-12,24H. The van der Waals surface area contributed by atoms with Gasteiger partial charge in [0.1, 0.15) is 11.6 Å². The Balaban J connectivity index is 1.93. The summed E-state index contributed by atoms with van der Waals surface area (Å²) < 4.78 is 27.5. The Morgan fingerprint density at radius 2 is 1.31 bits per heavy atom. The molecule has 0 saturated carbocycles. The lowest BCUT2D eigenvalue weighted by Crippen LogP contribution is -2.46. The summed E-state index contributed by atoms with van der Waals surface area (Å²) in [6.45, 7) is 0. The summed E-state index contributed by atoms with van der Waals surface area (Å²) in [6.07, 6.45) is 0. The van der Waals surface area contributed by atoms with E-state index in [0.29, 0.717) is 11.6 Å². The zero-order valence-corrected chi connectivity index (χ0v) is 13.5. The van der Waals surface area contributed by atoms with E-state index in [2.05, 4.69) is 5.32 Å². The fourth-order valence-corrected chi connectivity index (χ4v) is 3.32. The number of benzene rings is 3. The van der Waals surface area contributed by atoms with Crippen LogP contribution in [0.15, 0.2) is 72.8 Å². The first kappa shape index (κ1) is 16.1. The van der Waals surface area contributed by atoms with Crippen LogP contribution < -0.4 is 5.32 Å². The van der Waals surface area contributed by atoms with E-state index in [1.807, 2.05) is 0 Å². The van der Waals surface area contributed by atoms with Crippen LogP contribution in [0.3, 0.4) is 0 Å². The summed E-state index contributed by atoms with van der Waals surface area (Å²) >= 11 is 0. The van der Waals surface area contributed by atoms with Crippen LogP contribution in [-0.4, -0.2) is 11.6 Å². The molecule has 26 heavy (non-hydrogen) atoms. The fourth-order valence-electron chi connectivity index (χ4n) is 3.32. The molecule has 0 aliphatic heterocycles. The van der Waals surface area contributed by atoms with Gasteiger partial charge in [0.05, 0.1) is 5.69 Å². The van der Waals surface area contributed by atoms with Gasteiger partial charge in [-0.2, -0.15) is 0 Å². The molecule has 3 aromatic carbocycles. The quantitative estimate of drug-likeness (QED) is 0.715. The minimum Gasteiger partial charge on any atom is -0.360 e. The predicted octanol–water partition coefficient (Wildman–Crippen LogP) is 4.35. The molecule has 0 saturated heterocycles. The van der Waals surface area contributed by atoms with Crippen molar-refractivity contribution >= 4 is 17.3 Å². The van der Waals surface area contributed by atoms with E-state index in [-0.39, 0.29) is 16.8 Å². The molecule has 4 rings (SSSR count). The van der Waals surface area contributed by atoms with Crippen molar-refractivity contribution in [1.29, 1.82) is 0 Å². The molecule has 0 bridgehead atoms. The molecule has 0 heterocycles. The first-order chi connectivity index (χ1) is 12.5. The van der Waals surface area contributed by atoms with Crippen molar-refractivity contribution in [1.82, 2.24) is 0 Å². The molecule has 3 aromatic rings. The summed E-state index contributed by atoms with van der Waals surface area (Å²) in [5.74, 6) is -2.55. The summed E-state index contributed by atoms with van der Waals surface area (Å²) in [5, 5.41) is 2.77. The summed E-state index contributed by atoms with van der Waals surface area (Å²) in [4.78, 5) is 26.5. The molecule has 1 N–H and O–H groups in total. The Kier molecular flexibility index (Phi) is 3.65. The van der Waals surface area contributed by atoms with Crippen LogP contribution in [0.4, 0.5) is 14.5 Å². The molecule has 1 aliphatic rings. The van der Waals surface area contributed by atoms with Gasteiger partial charge in [-0.1, -0.05) is 54.6 Å². The number of carbonyl (C=O) groups is 2. The van der Waals surface area contributed by atoms with Crippen molar-refractivity contribution in [3.05, 3.63) is 101 Å². The van der Waals surface area contributed by atoms with Crippen molar-refractivity contribution < 1.29 is 18.4 Å². The molecule has 0 spiro atoms. The van der Waals surface area contributed by atoms with Crippen molar-refractivity contribution in [3.8, 4) is 0 Å². The molecule has 0 fully saturated rings. The van der Waals surface area contributed by atoms with Gasteiger partial charge in [0.2, 0.25) is 11.6 Å². The summed E-state index contributed by atoms with van der Waals surface area (Å²) in [5.41, 5.74) is -0.962. The maximum Gasteiger partial charge on any atom is 0.201 e. The van der Waals surface area contributed by atoms with E-state index in [1.54, 1.807) is 54.6 Å². The number of fused-ring (bicyclic) bond motifs is 1. The van der Waals surface area contributed by atoms with Crippen LogP contribution in [0.2, 0.25) is 0 Å². The highest BCUT2D eigenvalue weighted by molar-refractivity contribution is 6.34. The van der Waals surface area contributed by atoms with Gasteiger partial charge in [-0.15, -0.1) is 0 Å². The topological polar surface area (TPSA) is 46.2 Å². The molecule has 128 valence electrons. The zero-order chi connectivity index (χ0) is 18.3. The zero-order valence-electron chi connectivity index (χ0n) is 13.5. The molecule has 3 nitrogen and oxygen atoms in total. The average molecular weight is 349 g/mol. The second-order valence-corrected chi connectivity index (χ2v) is 6.07. The third kappa shape index (κ3) is 2.24. The Morgan fingerprint density at radius 3 is 1.88 bits per heavy atom. The number of rotatable bonds is 3. The normalized spacial score (nSPS) is 15.0. The van der Waals surface area contributed by atoms with Crippen molar-refractivity contribution in [2.24, 2.45) is 0 Å². The smallest absolute Gasteiger partial charge is 0.201 e. The minimum absolute atomic E-state index is 0.121. The molecule has 0 amide bonds. The molecule has 5 heteroatoms. The number of halogens is 2. The number of carbonyl (C=O) groups excluding carboxylic acids is 2. The number of hydrogen-bond acceptors (Lipinski definition) is 3. The van der Waals surface area contributed by atoms with Gasteiger partial charge in [0.15, 0.2) is 5.54 Å².